The molecule has 2 amide bonds. The number of carbonyl (C=O) groups is 2. The summed E-state index contributed by atoms with van der Waals surface area (Å²) in [7, 11) is -2.38. The van der Waals surface area contributed by atoms with E-state index in [9.17, 15) is 18.0 Å². The Balaban J connectivity index is 1.49. The van der Waals surface area contributed by atoms with Gasteiger partial charge in [0.2, 0.25) is 10.0 Å². The van der Waals surface area contributed by atoms with Gasteiger partial charge < -0.3 is 19.3 Å². The van der Waals surface area contributed by atoms with Gasteiger partial charge >= 0.3 is 0 Å². The molecule has 0 spiro atoms. The molecule has 3 aliphatic rings. The van der Waals surface area contributed by atoms with Crippen molar-refractivity contribution < 1.29 is 27.5 Å². The summed E-state index contributed by atoms with van der Waals surface area (Å²) in [6.07, 6.45) is 2.27. The first-order valence-corrected chi connectivity index (χ1v) is 13.5. The molecule has 3 fully saturated rings. The van der Waals surface area contributed by atoms with Crippen LogP contribution in [0.25, 0.3) is 0 Å². The SMILES string of the molecule is COc1ccc(C(=O)N2CCN(C(=O)C3CCCO3)CC2)cc1S(=O)(=O)N1CC(C)CC(C)C1. The first-order chi connectivity index (χ1) is 16.2. The van der Waals surface area contributed by atoms with Crippen LogP contribution in [0.1, 0.15) is 43.5 Å². The first-order valence-electron chi connectivity index (χ1n) is 12.1. The minimum atomic E-state index is -3.82. The lowest BCUT2D eigenvalue weighted by Crippen LogP contribution is -2.52. The molecule has 10 heteroatoms. The zero-order chi connectivity index (χ0) is 24.5. The molecule has 9 nitrogen and oxygen atoms in total. The molecular weight excluding hydrogens is 458 g/mol. The molecule has 3 saturated heterocycles. The van der Waals surface area contributed by atoms with E-state index < -0.39 is 10.0 Å². The van der Waals surface area contributed by atoms with E-state index in [0.29, 0.717) is 51.4 Å². The van der Waals surface area contributed by atoms with Crippen molar-refractivity contribution in [2.45, 2.75) is 44.1 Å². The van der Waals surface area contributed by atoms with Gasteiger partial charge in [-0.25, -0.2) is 8.42 Å². The van der Waals surface area contributed by atoms with Crippen molar-refractivity contribution in [2.75, 3.05) is 53.0 Å². The average Bonchev–Trinajstić information content (AvgIpc) is 3.37. The van der Waals surface area contributed by atoms with Crippen LogP contribution in [0, 0.1) is 11.8 Å². The lowest BCUT2D eigenvalue weighted by Gasteiger charge is -2.36. The van der Waals surface area contributed by atoms with E-state index in [2.05, 4.69) is 13.8 Å². The van der Waals surface area contributed by atoms with Crippen molar-refractivity contribution >= 4 is 21.8 Å². The second kappa shape index (κ2) is 10.2. The fourth-order valence-electron chi connectivity index (χ4n) is 5.24. The molecule has 0 N–H and O–H groups in total. The van der Waals surface area contributed by atoms with Gasteiger partial charge in [0.25, 0.3) is 11.8 Å². The molecule has 0 saturated carbocycles. The quantitative estimate of drug-likeness (QED) is 0.621. The number of carbonyl (C=O) groups excluding carboxylic acids is 2. The number of hydrogen-bond acceptors (Lipinski definition) is 6. The van der Waals surface area contributed by atoms with Crippen molar-refractivity contribution in [3.8, 4) is 5.75 Å². The molecule has 4 rings (SSSR count). The van der Waals surface area contributed by atoms with E-state index >= 15 is 0 Å². The van der Waals surface area contributed by atoms with Gasteiger partial charge in [0.05, 0.1) is 7.11 Å². The topological polar surface area (TPSA) is 96.5 Å². The summed E-state index contributed by atoms with van der Waals surface area (Å²) in [5.41, 5.74) is 0.302. The monoisotopic (exact) mass is 493 g/mol. The van der Waals surface area contributed by atoms with E-state index in [1.54, 1.807) is 21.9 Å². The van der Waals surface area contributed by atoms with Crippen LogP contribution in [0.4, 0.5) is 0 Å². The lowest BCUT2D eigenvalue weighted by molar-refractivity contribution is -0.142. The van der Waals surface area contributed by atoms with Crippen molar-refractivity contribution in [3.63, 3.8) is 0 Å². The van der Waals surface area contributed by atoms with E-state index in [1.807, 2.05) is 0 Å². The Hall–Kier alpha value is -2.17. The predicted molar refractivity (Wildman–Crippen MR) is 126 cm³/mol. The third-order valence-electron chi connectivity index (χ3n) is 6.95. The second-order valence-electron chi connectivity index (χ2n) is 9.75. The largest absolute Gasteiger partial charge is 0.495 e. The molecule has 0 radical (unpaired) electrons. The molecule has 34 heavy (non-hydrogen) atoms. The number of ether oxygens (including phenoxy) is 2. The zero-order valence-corrected chi connectivity index (χ0v) is 21.1. The third kappa shape index (κ3) is 5.08. The molecule has 188 valence electrons. The Morgan fingerprint density at radius 2 is 1.68 bits per heavy atom. The van der Waals surface area contributed by atoms with Crippen LogP contribution >= 0.6 is 0 Å². The van der Waals surface area contributed by atoms with Crippen LogP contribution < -0.4 is 4.74 Å². The van der Waals surface area contributed by atoms with Gasteiger partial charge in [-0.3, -0.25) is 9.59 Å². The van der Waals surface area contributed by atoms with Crippen LogP contribution in [0.2, 0.25) is 0 Å². The highest BCUT2D eigenvalue weighted by molar-refractivity contribution is 7.89. The summed E-state index contributed by atoms with van der Waals surface area (Å²) in [5.74, 6) is 0.511. The highest BCUT2D eigenvalue weighted by Crippen LogP contribution is 2.32. The van der Waals surface area contributed by atoms with Crippen LogP contribution in [-0.4, -0.2) is 93.4 Å². The number of benzene rings is 1. The van der Waals surface area contributed by atoms with Gasteiger partial charge in [-0.15, -0.1) is 0 Å². The zero-order valence-electron chi connectivity index (χ0n) is 20.2. The molecule has 3 unspecified atom stereocenters. The van der Waals surface area contributed by atoms with Gasteiger partial charge in [0.1, 0.15) is 16.7 Å². The Kier molecular flexibility index (Phi) is 7.49. The van der Waals surface area contributed by atoms with Gasteiger partial charge in [-0.05, 0) is 49.3 Å². The third-order valence-corrected chi connectivity index (χ3v) is 8.80. The number of rotatable bonds is 5. The summed E-state index contributed by atoms with van der Waals surface area (Å²) < 4.78 is 39.4. The fourth-order valence-corrected chi connectivity index (χ4v) is 7.10. The standard InChI is InChI=1S/C24H35N3O6S/c1-17-13-18(2)16-27(15-17)34(30,31)22-14-19(6-7-20(22)32-3)23(28)25-8-10-26(11-9-25)24(29)21-5-4-12-33-21/h6-7,14,17-18,21H,4-5,8-13,15-16H2,1-3H3. The molecule has 3 aliphatic heterocycles. The summed E-state index contributed by atoms with van der Waals surface area (Å²) in [5, 5.41) is 0. The summed E-state index contributed by atoms with van der Waals surface area (Å²) in [6.45, 7) is 7.30. The molecule has 3 atom stereocenters. The van der Waals surface area contributed by atoms with E-state index in [-0.39, 0.29) is 40.4 Å². The van der Waals surface area contributed by atoms with Crippen molar-refractivity contribution in [1.82, 2.24) is 14.1 Å². The molecule has 1 aromatic rings. The lowest BCUT2D eigenvalue weighted by atomic mass is 9.94. The maximum absolute atomic E-state index is 13.5. The second-order valence-corrected chi connectivity index (χ2v) is 11.7. The van der Waals surface area contributed by atoms with Crippen LogP contribution in [0.3, 0.4) is 0 Å². The number of nitrogens with zero attached hydrogens (tertiary/aromatic N) is 3. The Bertz CT molecular complexity index is 1010. The number of piperidine rings is 1. The van der Waals surface area contributed by atoms with E-state index in [4.69, 9.17) is 9.47 Å². The minimum Gasteiger partial charge on any atom is -0.495 e. The first kappa shape index (κ1) is 24.9. The molecule has 0 aliphatic carbocycles. The van der Waals surface area contributed by atoms with Crippen molar-refractivity contribution in [2.24, 2.45) is 11.8 Å². The summed E-state index contributed by atoms with van der Waals surface area (Å²) in [4.78, 5) is 29.3. The number of sulfonamides is 1. The highest BCUT2D eigenvalue weighted by atomic mass is 32.2. The van der Waals surface area contributed by atoms with E-state index in [0.717, 1.165) is 19.3 Å². The summed E-state index contributed by atoms with van der Waals surface area (Å²) in [6, 6.07) is 4.59. The van der Waals surface area contributed by atoms with Crippen LogP contribution in [0.5, 0.6) is 5.75 Å². The minimum absolute atomic E-state index is 0.00702. The van der Waals surface area contributed by atoms with Gasteiger partial charge in [0, 0.05) is 51.4 Å². The Labute approximate surface area is 202 Å². The van der Waals surface area contributed by atoms with E-state index in [1.165, 1.54) is 17.5 Å². The van der Waals surface area contributed by atoms with Gasteiger partial charge in [-0.2, -0.15) is 4.31 Å². The normalized spacial score (nSPS) is 26.5. The number of amides is 2. The number of piperazine rings is 1. The molecule has 1 aromatic carbocycles. The molecule has 3 heterocycles. The van der Waals surface area contributed by atoms with Gasteiger partial charge in [-0.1, -0.05) is 13.8 Å². The van der Waals surface area contributed by atoms with Crippen LogP contribution in [-0.2, 0) is 19.6 Å². The Morgan fingerprint density at radius 1 is 1.03 bits per heavy atom. The average molecular weight is 494 g/mol. The smallest absolute Gasteiger partial charge is 0.254 e. The summed E-state index contributed by atoms with van der Waals surface area (Å²) >= 11 is 0. The molecule has 0 aromatic heterocycles. The van der Waals surface area contributed by atoms with Crippen LogP contribution in [0.15, 0.2) is 23.1 Å². The number of methoxy groups -OCH3 is 1. The highest BCUT2D eigenvalue weighted by Gasteiger charge is 2.35. The van der Waals surface area contributed by atoms with Crippen molar-refractivity contribution in [3.05, 3.63) is 23.8 Å². The van der Waals surface area contributed by atoms with Crippen molar-refractivity contribution in [1.29, 1.82) is 0 Å². The predicted octanol–water partition coefficient (Wildman–Crippen LogP) is 1.83. The molecular formula is C24H35N3O6S. The Morgan fingerprint density at radius 3 is 2.26 bits per heavy atom. The number of hydrogen-bond donors (Lipinski definition) is 0. The van der Waals surface area contributed by atoms with Gasteiger partial charge in [0.15, 0.2) is 0 Å². The fraction of sp³-hybridized carbons (Fsp3) is 0.667. The maximum Gasteiger partial charge on any atom is 0.254 e. The molecule has 0 bridgehead atoms. The maximum atomic E-state index is 13.5.